The number of thioether (sulfide) groups is 1. The van der Waals surface area contributed by atoms with Crippen molar-refractivity contribution in [2.75, 3.05) is 4.90 Å². The first-order valence-electron chi connectivity index (χ1n) is 7.18. The lowest BCUT2D eigenvalue weighted by Gasteiger charge is -2.24. The maximum absolute atomic E-state index is 12.5. The van der Waals surface area contributed by atoms with Gasteiger partial charge in [-0.1, -0.05) is 47.5 Å². The van der Waals surface area contributed by atoms with Crippen LogP contribution in [0.15, 0.2) is 48.5 Å². The summed E-state index contributed by atoms with van der Waals surface area (Å²) in [6.45, 7) is 6.13. The standard InChI is InChI=1S/C18H19NOS/c1-12-4-8-15(9-5-12)18-19(17(20)14(3)21-18)16-10-6-13(2)7-11-16/h4-11,14,18H,1-3H3/t14-,18-/m0/s1. The van der Waals surface area contributed by atoms with E-state index < -0.39 is 0 Å². The summed E-state index contributed by atoms with van der Waals surface area (Å²) in [5, 5.41) is 0.0633. The summed E-state index contributed by atoms with van der Waals surface area (Å²) in [5.74, 6) is 0.189. The number of carbonyl (C=O) groups is 1. The number of aryl methyl sites for hydroxylation is 2. The maximum atomic E-state index is 12.5. The molecular weight excluding hydrogens is 278 g/mol. The van der Waals surface area contributed by atoms with E-state index in [1.165, 1.54) is 16.7 Å². The smallest absolute Gasteiger partial charge is 0.241 e. The van der Waals surface area contributed by atoms with Crippen molar-refractivity contribution in [1.82, 2.24) is 0 Å². The van der Waals surface area contributed by atoms with Gasteiger partial charge in [0.15, 0.2) is 0 Å². The normalized spacial score (nSPS) is 21.9. The third-order valence-corrected chi connectivity index (χ3v) is 5.18. The molecule has 1 aliphatic rings. The van der Waals surface area contributed by atoms with Gasteiger partial charge in [0.25, 0.3) is 0 Å². The lowest BCUT2D eigenvalue weighted by atomic mass is 10.1. The number of carbonyl (C=O) groups excluding carboxylic acids is 1. The van der Waals surface area contributed by atoms with E-state index in [4.69, 9.17) is 0 Å². The summed E-state index contributed by atoms with van der Waals surface area (Å²) in [4.78, 5) is 14.5. The van der Waals surface area contributed by atoms with Crippen LogP contribution in [0.3, 0.4) is 0 Å². The Morgan fingerprint density at radius 2 is 1.43 bits per heavy atom. The van der Waals surface area contributed by atoms with Gasteiger partial charge in [0.05, 0.1) is 5.25 Å². The second-order valence-corrected chi connectivity index (χ2v) is 7.01. The first kappa shape index (κ1) is 14.2. The van der Waals surface area contributed by atoms with Crippen molar-refractivity contribution in [3.8, 4) is 0 Å². The van der Waals surface area contributed by atoms with E-state index in [9.17, 15) is 4.79 Å². The van der Waals surface area contributed by atoms with Gasteiger partial charge in [0.1, 0.15) is 5.37 Å². The molecule has 1 fully saturated rings. The minimum atomic E-state index is -0.00222. The average molecular weight is 297 g/mol. The number of nitrogens with zero attached hydrogens (tertiary/aromatic N) is 1. The van der Waals surface area contributed by atoms with Crippen LogP contribution in [0.4, 0.5) is 5.69 Å². The Bertz CT molecular complexity index is 648. The molecule has 3 heteroatoms. The van der Waals surface area contributed by atoms with E-state index in [0.717, 1.165) is 5.69 Å². The molecule has 0 unspecified atom stereocenters. The molecule has 0 aliphatic carbocycles. The van der Waals surface area contributed by atoms with Gasteiger partial charge in [-0.05, 0) is 38.5 Å². The SMILES string of the molecule is Cc1ccc([C@@H]2S[C@@H](C)C(=O)N2c2ccc(C)cc2)cc1. The molecule has 0 spiro atoms. The highest BCUT2D eigenvalue weighted by Crippen LogP contribution is 2.45. The summed E-state index contributed by atoms with van der Waals surface area (Å²) in [6.07, 6.45) is 0. The molecule has 1 saturated heterocycles. The van der Waals surface area contributed by atoms with Crippen LogP contribution >= 0.6 is 11.8 Å². The minimum absolute atomic E-state index is 0.00222. The Hall–Kier alpha value is -1.74. The molecule has 2 aromatic rings. The van der Waals surface area contributed by atoms with E-state index in [1.807, 2.05) is 24.0 Å². The molecule has 0 bridgehead atoms. The number of hydrogen-bond acceptors (Lipinski definition) is 2. The molecule has 2 nitrogen and oxygen atoms in total. The highest BCUT2D eigenvalue weighted by molar-refractivity contribution is 8.01. The zero-order valence-corrected chi connectivity index (χ0v) is 13.4. The molecule has 1 amide bonds. The molecule has 2 atom stereocenters. The first-order chi connectivity index (χ1) is 10.1. The van der Waals surface area contributed by atoms with Gasteiger partial charge in [0, 0.05) is 5.69 Å². The topological polar surface area (TPSA) is 20.3 Å². The van der Waals surface area contributed by atoms with Gasteiger partial charge in [-0.3, -0.25) is 9.69 Å². The largest absolute Gasteiger partial charge is 0.295 e. The molecular formula is C18H19NOS. The fourth-order valence-electron chi connectivity index (χ4n) is 2.55. The van der Waals surface area contributed by atoms with Crippen molar-refractivity contribution in [1.29, 1.82) is 0 Å². The highest BCUT2D eigenvalue weighted by Gasteiger charge is 2.39. The van der Waals surface area contributed by atoms with Crippen molar-refractivity contribution < 1.29 is 4.79 Å². The van der Waals surface area contributed by atoms with E-state index in [1.54, 1.807) is 11.8 Å². The molecule has 1 aliphatic heterocycles. The van der Waals surface area contributed by atoms with Crippen molar-refractivity contribution in [3.63, 3.8) is 0 Å². The number of anilines is 1. The lowest BCUT2D eigenvalue weighted by Crippen LogP contribution is -2.30. The number of hydrogen-bond donors (Lipinski definition) is 0. The number of amides is 1. The average Bonchev–Trinajstić information content (AvgIpc) is 2.77. The van der Waals surface area contributed by atoms with E-state index in [0.29, 0.717) is 0 Å². The monoisotopic (exact) mass is 297 g/mol. The van der Waals surface area contributed by atoms with Crippen molar-refractivity contribution in [2.45, 2.75) is 31.4 Å². The summed E-state index contributed by atoms with van der Waals surface area (Å²) in [6, 6.07) is 16.7. The summed E-state index contributed by atoms with van der Waals surface area (Å²) in [5.41, 5.74) is 4.61. The second kappa shape index (κ2) is 5.57. The molecule has 108 valence electrons. The maximum Gasteiger partial charge on any atom is 0.241 e. The molecule has 0 aromatic heterocycles. The minimum Gasteiger partial charge on any atom is -0.295 e. The Morgan fingerprint density at radius 1 is 0.905 bits per heavy atom. The van der Waals surface area contributed by atoms with Gasteiger partial charge in [-0.2, -0.15) is 0 Å². The van der Waals surface area contributed by atoms with Crippen LogP contribution in [0.2, 0.25) is 0 Å². The van der Waals surface area contributed by atoms with Crippen LogP contribution in [0.1, 0.15) is 29.0 Å². The van der Waals surface area contributed by atoms with Crippen LogP contribution in [0.25, 0.3) is 0 Å². The first-order valence-corrected chi connectivity index (χ1v) is 8.12. The van der Waals surface area contributed by atoms with E-state index >= 15 is 0 Å². The lowest BCUT2D eigenvalue weighted by molar-refractivity contribution is -0.117. The molecule has 3 rings (SSSR count). The second-order valence-electron chi connectivity index (χ2n) is 5.59. The quantitative estimate of drug-likeness (QED) is 0.815. The van der Waals surface area contributed by atoms with Gasteiger partial charge < -0.3 is 0 Å². The van der Waals surface area contributed by atoms with Crippen molar-refractivity contribution >= 4 is 23.4 Å². The Labute approximate surface area is 130 Å². The predicted molar refractivity (Wildman–Crippen MR) is 89.6 cm³/mol. The third kappa shape index (κ3) is 2.70. The number of benzene rings is 2. The zero-order chi connectivity index (χ0) is 15.0. The van der Waals surface area contributed by atoms with E-state index in [2.05, 4.69) is 50.2 Å². The Balaban J connectivity index is 2.00. The molecule has 0 saturated carbocycles. The molecule has 0 N–H and O–H groups in total. The third-order valence-electron chi connectivity index (χ3n) is 3.83. The van der Waals surface area contributed by atoms with Crippen LogP contribution < -0.4 is 4.90 Å². The van der Waals surface area contributed by atoms with Crippen LogP contribution in [-0.4, -0.2) is 11.2 Å². The Morgan fingerprint density at radius 3 is 2.00 bits per heavy atom. The van der Waals surface area contributed by atoms with Crippen molar-refractivity contribution in [3.05, 3.63) is 65.2 Å². The van der Waals surface area contributed by atoms with Crippen LogP contribution in [0.5, 0.6) is 0 Å². The fourth-order valence-corrected chi connectivity index (χ4v) is 3.83. The number of rotatable bonds is 2. The van der Waals surface area contributed by atoms with Crippen molar-refractivity contribution in [2.24, 2.45) is 0 Å². The summed E-state index contributed by atoms with van der Waals surface area (Å²) in [7, 11) is 0. The molecule has 21 heavy (non-hydrogen) atoms. The highest BCUT2D eigenvalue weighted by atomic mass is 32.2. The van der Waals surface area contributed by atoms with Gasteiger partial charge in [-0.25, -0.2) is 0 Å². The molecule has 0 radical (unpaired) electrons. The van der Waals surface area contributed by atoms with Crippen LogP contribution in [-0.2, 0) is 4.79 Å². The molecule has 1 heterocycles. The van der Waals surface area contributed by atoms with Crippen LogP contribution in [0, 0.1) is 13.8 Å². The summed E-state index contributed by atoms with van der Waals surface area (Å²) >= 11 is 1.72. The molecule has 2 aromatic carbocycles. The van der Waals surface area contributed by atoms with Gasteiger partial charge in [0.2, 0.25) is 5.91 Å². The fraction of sp³-hybridized carbons (Fsp3) is 0.278. The predicted octanol–water partition coefficient (Wildman–Crippen LogP) is 4.47. The summed E-state index contributed by atoms with van der Waals surface area (Å²) < 4.78 is 0. The van der Waals surface area contributed by atoms with E-state index in [-0.39, 0.29) is 16.5 Å². The Kier molecular flexibility index (Phi) is 3.77. The zero-order valence-electron chi connectivity index (χ0n) is 12.5. The van der Waals surface area contributed by atoms with Gasteiger partial charge >= 0.3 is 0 Å². The van der Waals surface area contributed by atoms with Gasteiger partial charge in [-0.15, -0.1) is 11.8 Å².